The summed E-state index contributed by atoms with van der Waals surface area (Å²) in [6.45, 7) is 4.40. The predicted octanol–water partition coefficient (Wildman–Crippen LogP) is 5.03. The number of thiazole rings is 1. The SMILES string of the molecule is COc1ccccc1CNc1nc(-c2ccc(NC(=O)C(C)C)cc2)cs1. The average molecular weight is 382 g/mol. The molecule has 3 aromatic rings. The Labute approximate surface area is 163 Å². The number of nitrogens with one attached hydrogen (secondary N) is 2. The maximum absolute atomic E-state index is 11.8. The molecular formula is C21H23N3O2S. The molecule has 2 aromatic carbocycles. The molecule has 27 heavy (non-hydrogen) atoms. The van der Waals surface area contributed by atoms with Crippen molar-refractivity contribution < 1.29 is 9.53 Å². The summed E-state index contributed by atoms with van der Waals surface area (Å²) in [6, 6.07) is 15.7. The van der Waals surface area contributed by atoms with Crippen molar-refractivity contribution in [2.75, 3.05) is 17.7 Å². The lowest BCUT2D eigenvalue weighted by Gasteiger charge is -2.08. The molecule has 2 N–H and O–H groups in total. The Morgan fingerprint density at radius 2 is 1.89 bits per heavy atom. The van der Waals surface area contributed by atoms with Gasteiger partial charge in [0.2, 0.25) is 5.91 Å². The van der Waals surface area contributed by atoms with E-state index in [9.17, 15) is 4.79 Å². The first-order valence-corrected chi connectivity index (χ1v) is 9.67. The monoisotopic (exact) mass is 381 g/mol. The molecule has 0 bridgehead atoms. The second kappa shape index (κ2) is 8.68. The number of para-hydroxylation sites is 1. The standard InChI is InChI=1S/C21H23N3O2S/c1-14(2)20(25)23-17-10-8-15(9-11-17)18-13-27-21(24-18)22-12-16-6-4-5-7-19(16)26-3/h4-11,13-14H,12H2,1-3H3,(H,22,24)(H,23,25). The van der Waals surface area contributed by atoms with Crippen LogP contribution < -0.4 is 15.4 Å². The van der Waals surface area contributed by atoms with Crippen molar-refractivity contribution in [3.8, 4) is 17.0 Å². The third-order valence-corrected chi connectivity index (χ3v) is 4.90. The zero-order valence-corrected chi connectivity index (χ0v) is 16.5. The Balaban J connectivity index is 1.64. The summed E-state index contributed by atoms with van der Waals surface area (Å²) in [5, 5.41) is 9.11. The Bertz CT molecular complexity index is 904. The first-order chi connectivity index (χ1) is 13.1. The average Bonchev–Trinajstić information content (AvgIpc) is 3.16. The number of hydrogen-bond acceptors (Lipinski definition) is 5. The number of hydrogen-bond donors (Lipinski definition) is 2. The lowest BCUT2D eigenvalue weighted by molar-refractivity contribution is -0.118. The van der Waals surface area contributed by atoms with E-state index in [1.807, 2.05) is 67.8 Å². The molecule has 5 nitrogen and oxygen atoms in total. The van der Waals surface area contributed by atoms with Gasteiger partial charge in [0, 0.05) is 34.7 Å². The minimum Gasteiger partial charge on any atom is -0.496 e. The number of benzene rings is 2. The first kappa shape index (κ1) is 18.9. The van der Waals surface area contributed by atoms with E-state index in [-0.39, 0.29) is 11.8 Å². The van der Waals surface area contributed by atoms with Gasteiger partial charge < -0.3 is 15.4 Å². The molecule has 3 rings (SSSR count). The highest BCUT2D eigenvalue weighted by Gasteiger charge is 2.09. The van der Waals surface area contributed by atoms with Crippen molar-refractivity contribution in [2.45, 2.75) is 20.4 Å². The molecular weight excluding hydrogens is 358 g/mol. The third-order valence-electron chi connectivity index (χ3n) is 4.10. The number of carbonyl (C=O) groups excluding carboxylic acids is 1. The highest BCUT2D eigenvalue weighted by atomic mass is 32.1. The van der Waals surface area contributed by atoms with Crippen LogP contribution in [0.3, 0.4) is 0 Å². The van der Waals surface area contributed by atoms with Gasteiger partial charge in [-0.25, -0.2) is 4.98 Å². The number of nitrogens with zero attached hydrogens (tertiary/aromatic N) is 1. The van der Waals surface area contributed by atoms with Gasteiger partial charge in [-0.05, 0) is 18.2 Å². The smallest absolute Gasteiger partial charge is 0.226 e. The maximum atomic E-state index is 11.8. The molecule has 6 heteroatoms. The largest absolute Gasteiger partial charge is 0.496 e. The minimum absolute atomic E-state index is 0.0132. The summed E-state index contributed by atoms with van der Waals surface area (Å²) < 4.78 is 5.37. The number of ether oxygens (including phenoxy) is 1. The number of anilines is 2. The van der Waals surface area contributed by atoms with Gasteiger partial charge >= 0.3 is 0 Å². The minimum atomic E-state index is -0.0416. The van der Waals surface area contributed by atoms with Crippen LogP contribution in [0, 0.1) is 5.92 Å². The summed E-state index contributed by atoms with van der Waals surface area (Å²) in [4.78, 5) is 16.4. The van der Waals surface area contributed by atoms with E-state index >= 15 is 0 Å². The molecule has 0 fully saturated rings. The highest BCUT2D eigenvalue weighted by molar-refractivity contribution is 7.14. The van der Waals surface area contributed by atoms with E-state index in [0.29, 0.717) is 6.54 Å². The van der Waals surface area contributed by atoms with E-state index in [1.54, 1.807) is 18.4 Å². The normalized spacial score (nSPS) is 10.7. The number of rotatable bonds is 7. The van der Waals surface area contributed by atoms with Gasteiger partial charge in [0.1, 0.15) is 5.75 Å². The number of carbonyl (C=O) groups is 1. The topological polar surface area (TPSA) is 63.2 Å². The second-order valence-electron chi connectivity index (χ2n) is 6.42. The molecule has 0 aliphatic rings. The Kier molecular flexibility index (Phi) is 6.08. The lowest BCUT2D eigenvalue weighted by atomic mass is 10.1. The van der Waals surface area contributed by atoms with Crippen molar-refractivity contribution in [1.82, 2.24) is 4.98 Å². The van der Waals surface area contributed by atoms with Crippen molar-refractivity contribution in [3.63, 3.8) is 0 Å². The van der Waals surface area contributed by atoms with Crippen molar-refractivity contribution in [2.24, 2.45) is 5.92 Å². The summed E-state index contributed by atoms with van der Waals surface area (Å²) >= 11 is 1.56. The molecule has 0 saturated heterocycles. The molecule has 0 aliphatic carbocycles. The molecule has 1 amide bonds. The van der Waals surface area contributed by atoms with E-state index < -0.39 is 0 Å². The molecule has 0 atom stereocenters. The van der Waals surface area contributed by atoms with Gasteiger partial charge in [0.15, 0.2) is 5.13 Å². The predicted molar refractivity (Wildman–Crippen MR) is 111 cm³/mol. The molecule has 0 radical (unpaired) electrons. The van der Waals surface area contributed by atoms with Crippen LogP contribution in [-0.4, -0.2) is 18.0 Å². The molecule has 0 aliphatic heterocycles. The quantitative estimate of drug-likeness (QED) is 0.603. The molecule has 1 aromatic heterocycles. The summed E-state index contributed by atoms with van der Waals surface area (Å²) in [5.74, 6) is 0.833. The van der Waals surface area contributed by atoms with Crippen molar-refractivity contribution >= 4 is 28.1 Å². The Morgan fingerprint density at radius 1 is 1.15 bits per heavy atom. The van der Waals surface area contributed by atoms with Crippen molar-refractivity contribution in [1.29, 1.82) is 0 Å². The van der Waals surface area contributed by atoms with Crippen LogP contribution in [0.15, 0.2) is 53.9 Å². The van der Waals surface area contributed by atoms with Gasteiger partial charge in [-0.15, -0.1) is 11.3 Å². The molecule has 0 unspecified atom stereocenters. The van der Waals surface area contributed by atoms with Crippen LogP contribution in [0.4, 0.5) is 10.8 Å². The van der Waals surface area contributed by atoms with Gasteiger partial charge in [0.25, 0.3) is 0 Å². The van der Waals surface area contributed by atoms with Crippen LogP contribution >= 0.6 is 11.3 Å². The highest BCUT2D eigenvalue weighted by Crippen LogP contribution is 2.27. The molecule has 140 valence electrons. The fraction of sp³-hybridized carbons (Fsp3) is 0.238. The fourth-order valence-electron chi connectivity index (χ4n) is 2.52. The number of aromatic nitrogens is 1. The Morgan fingerprint density at radius 3 is 2.59 bits per heavy atom. The van der Waals surface area contributed by atoms with E-state index in [0.717, 1.165) is 33.4 Å². The summed E-state index contributed by atoms with van der Waals surface area (Å²) in [7, 11) is 1.67. The zero-order valence-electron chi connectivity index (χ0n) is 15.7. The van der Waals surface area contributed by atoms with Gasteiger partial charge in [0.05, 0.1) is 12.8 Å². The third kappa shape index (κ3) is 4.86. The number of methoxy groups -OCH3 is 1. The van der Waals surface area contributed by atoms with Crippen LogP contribution in [0.2, 0.25) is 0 Å². The summed E-state index contributed by atoms with van der Waals surface area (Å²) in [6.07, 6.45) is 0. The van der Waals surface area contributed by atoms with Gasteiger partial charge in [-0.3, -0.25) is 4.79 Å². The fourth-order valence-corrected chi connectivity index (χ4v) is 3.24. The molecule has 0 saturated carbocycles. The maximum Gasteiger partial charge on any atom is 0.226 e. The van der Waals surface area contributed by atoms with Crippen LogP contribution in [0.1, 0.15) is 19.4 Å². The molecule has 0 spiro atoms. The van der Waals surface area contributed by atoms with E-state index in [2.05, 4.69) is 15.6 Å². The van der Waals surface area contributed by atoms with Crippen LogP contribution in [0.25, 0.3) is 11.3 Å². The number of amides is 1. The summed E-state index contributed by atoms with van der Waals surface area (Å²) in [5.41, 5.74) is 3.80. The van der Waals surface area contributed by atoms with Crippen molar-refractivity contribution in [3.05, 3.63) is 59.5 Å². The first-order valence-electron chi connectivity index (χ1n) is 8.79. The van der Waals surface area contributed by atoms with E-state index in [1.165, 1.54) is 0 Å². The van der Waals surface area contributed by atoms with Crippen LogP contribution in [0.5, 0.6) is 5.75 Å². The van der Waals surface area contributed by atoms with Gasteiger partial charge in [-0.2, -0.15) is 0 Å². The lowest BCUT2D eigenvalue weighted by Crippen LogP contribution is -2.17. The van der Waals surface area contributed by atoms with E-state index in [4.69, 9.17) is 4.74 Å². The molecule has 1 heterocycles. The van der Waals surface area contributed by atoms with Crippen LogP contribution in [-0.2, 0) is 11.3 Å². The second-order valence-corrected chi connectivity index (χ2v) is 7.28. The Hall–Kier alpha value is -2.86. The van der Waals surface area contributed by atoms with Gasteiger partial charge in [-0.1, -0.05) is 44.2 Å². The zero-order chi connectivity index (χ0) is 19.2.